The van der Waals surface area contributed by atoms with E-state index in [0.29, 0.717) is 19.3 Å². The highest BCUT2D eigenvalue weighted by atomic mass is 16.4. The van der Waals surface area contributed by atoms with Crippen molar-refractivity contribution < 1.29 is 14.7 Å². The van der Waals surface area contributed by atoms with Crippen molar-refractivity contribution >= 4 is 11.9 Å². The fraction of sp³-hybridized carbons (Fsp3) is 0.500. The van der Waals surface area contributed by atoms with E-state index in [-0.39, 0.29) is 5.92 Å². The molecule has 0 spiro atoms. The van der Waals surface area contributed by atoms with Crippen molar-refractivity contribution in [2.45, 2.75) is 45.2 Å². The molecule has 0 heterocycles. The first-order valence-corrected chi connectivity index (χ1v) is 7.28. The van der Waals surface area contributed by atoms with Gasteiger partial charge in [-0.05, 0) is 24.3 Å². The predicted octanol–water partition coefficient (Wildman–Crippen LogP) is 1.56. The molecule has 116 valence electrons. The highest BCUT2D eigenvalue weighted by Gasteiger charge is 2.27. The van der Waals surface area contributed by atoms with E-state index < -0.39 is 24.0 Å². The number of nitrogens with two attached hydrogens (primary N) is 1. The number of aryl methyl sites for hydroxylation is 1. The first kappa shape index (κ1) is 17.2. The number of rotatable bonds is 8. The summed E-state index contributed by atoms with van der Waals surface area (Å²) < 4.78 is 0. The number of hydrogen-bond acceptors (Lipinski definition) is 3. The molecule has 0 saturated heterocycles. The minimum Gasteiger partial charge on any atom is -0.480 e. The first-order valence-electron chi connectivity index (χ1n) is 7.28. The molecule has 1 aromatic carbocycles. The smallest absolute Gasteiger partial charge is 0.326 e. The van der Waals surface area contributed by atoms with Gasteiger partial charge in [-0.25, -0.2) is 4.79 Å². The second-order valence-electron chi connectivity index (χ2n) is 5.34. The van der Waals surface area contributed by atoms with Gasteiger partial charge in [0, 0.05) is 0 Å². The summed E-state index contributed by atoms with van der Waals surface area (Å²) in [6, 6.07) is 8.17. The van der Waals surface area contributed by atoms with Crippen LogP contribution in [0.1, 0.15) is 32.3 Å². The van der Waals surface area contributed by atoms with Gasteiger partial charge in [0.25, 0.3) is 0 Å². The molecule has 21 heavy (non-hydrogen) atoms. The lowest BCUT2D eigenvalue weighted by atomic mass is 9.98. The SMILES string of the molecule is CC[C@H](C)[C@H](NC(=O)C(N)CCc1ccccc1)C(=O)O. The van der Waals surface area contributed by atoms with Gasteiger partial charge in [0.1, 0.15) is 6.04 Å². The van der Waals surface area contributed by atoms with Crippen molar-refractivity contribution in [2.75, 3.05) is 0 Å². The Morgan fingerprint density at radius 1 is 1.29 bits per heavy atom. The molecule has 0 fully saturated rings. The monoisotopic (exact) mass is 292 g/mol. The zero-order chi connectivity index (χ0) is 15.8. The molecule has 1 amide bonds. The van der Waals surface area contributed by atoms with E-state index in [1.54, 1.807) is 6.92 Å². The Bertz CT molecular complexity index is 462. The molecule has 0 radical (unpaired) electrons. The van der Waals surface area contributed by atoms with Gasteiger partial charge in [0.15, 0.2) is 0 Å². The summed E-state index contributed by atoms with van der Waals surface area (Å²) in [4.78, 5) is 23.2. The van der Waals surface area contributed by atoms with Gasteiger partial charge in [0.05, 0.1) is 6.04 Å². The molecule has 3 atom stereocenters. The second kappa shape index (κ2) is 8.42. The third-order valence-electron chi connectivity index (χ3n) is 3.70. The van der Waals surface area contributed by atoms with Gasteiger partial charge in [0.2, 0.25) is 5.91 Å². The van der Waals surface area contributed by atoms with Crippen LogP contribution in [0.2, 0.25) is 0 Å². The molecule has 0 aliphatic heterocycles. The van der Waals surface area contributed by atoms with Gasteiger partial charge in [-0.3, -0.25) is 4.79 Å². The molecule has 0 bridgehead atoms. The first-order chi connectivity index (χ1) is 9.95. The topological polar surface area (TPSA) is 92.4 Å². The van der Waals surface area contributed by atoms with Crippen LogP contribution in [0.3, 0.4) is 0 Å². The number of nitrogens with one attached hydrogen (secondary N) is 1. The van der Waals surface area contributed by atoms with E-state index in [0.717, 1.165) is 5.56 Å². The quantitative estimate of drug-likeness (QED) is 0.678. The van der Waals surface area contributed by atoms with Crippen molar-refractivity contribution in [3.8, 4) is 0 Å². The number of benzene rings is 1. The molecule has 0 saturated carbocycles. The van der Waals surface area contributed by atoms with E-state index in [9.17, 15) is 9.59 Å². The van der Waals surface area contributed by atoms with E-state index in [1.165, 1.54) is 0 Å². The minimum atomic E-state index is -1.02. The summed E-state index contributed by atoms with van der Waals surface area (Å²) in [6.45, 7) is 3.69. The van der Waals surface area contributed by atoms with Crippen LogP contribution in [0.4, 0.5) is 0 Å². The number of carboxylic acids is 1. The largest absolute Gasteiger partial charge is 0.480 e. The lowest BCUT2D eigenvalue weighted by molar-refractivity contribution is -0.143. The summed E-state index contributed by atoms with van der Waals surface area (Å²) >= 11 is 0. The average Bonchev–Trinajstić information content (AvgIpc) is 2.49. The molecule has 0 aliphatic rings. The number of hydrogen-bond donors (Lipinski definition) is 3. The molecule has 5 nitrogen and oxygen atoms in total. The Hall–Kier alpha value is -1.88. The van der Waals surface area contributed by atoms with Gasteiger partial charge in [-0.15, -0.1) is 0 Å². The maximum atomic E-state index is 12.0. The minimum absolute atomic E-state index is 0.132. The van der Waals surface area contributed by atoms with E-state index in [4.69, 9.17) is 10.8 Å². The van der Waals surface area contributed by atoms with Crippen LogP contribution < -0.4 is 11.1 Å². The Kier molecular flexibility index (Phi) is 6.88. The molecule has 1 unspecified atom stereocenters. The lowest BCUT2D eigenvalue weighted by Gasteiger charge is -2.22. The molecule has 1 aromatic rings. The van der Waals surface area contributed by atoms with Crippen molar-refractivity contribution in [1.29, 1.82) is 0 Å². The van der Waals surface area contributed by atoms with Gasteiger partial charge in [-0.1, -0.05) is 50.6 Å². The fourth-order valence-electron chi connectivity index (χ4n) is 2.04. The molecule has 0 aliphatic carbocycles. The number of carbonyl (C=O) groups is 2. The van der Waals surface area contributed by atoms with Crippen LogP contribution in [-0.2, 0) is 16.0 Å². The van der Waals surface area contributed by atoms with Gasteiger partial charge in [-0.2, -0.15) is 0 Å². The maximum absolute atomic E-state index is 12.0. The third kappa shape index (κ3) is 5.55. The van der Waals surface area contributed by atoms with Crippen molar-refractivity contribution in [2.24, 2.45) is 11.7 Å². The van der Waals surface area contributed by atoms with Crippen molar-refractivity contribution in [3.05, 3.63) is 35.9 Å². The van der Waals surface area contributed by atoms with Crippen LogP contribution in [-0.4, -0.2) is 29.1 Å². The van der Waals surface area contributed by atoms with Crippen molar-refractivity contribution in [3.63, 3.8) is 0 Å². The Labute approximate surface area is 125 Å². The van der Waals surface area contributed by atoms with Crippen LogP contribution in [0.15, 0.2) is 30.3 Å². The molecular weight excluding hydrogens is 268 g/mol. The van der Waals surface area contributed by atoms with Crippen LogP contribution in [0.5, 0.6) is 0 Å². The molecule has 5 heteroatoms. The normalized spacial score (nSPS) is 15.0. The highest BCUT2D eigenvalue weighted by Crippen LogP contribution is 2.09. The second-order valence-corrected chi connectivity index (χ2v) is 5.34. The number of aliphatic carboxylic acids is 1. The highest BCUT2D eigenvalue weighted by molar-refractivity contribution is 5.86. The lowest BCUT2D eigenvalue weighted by Crippen LogP contribution is -2.51. The van der Waals surface area contributed by atoms with E-state index in [1.807, 2.05) is 37.3 Å². The van der Waals surface area contributed by atoms with Crippen LogP contribution in [0, 0.1) is 5.92 Å². The molecular formula is C16H24N2O3. The molecule has 4 N–H and O–H groups in total. The fourth-order valence-corrected chi connectivity index (χ4v) is 2.04. The summed E-state index contributed by atoms with van der Waals surface area (Å²) in [5.74, 6) is -1.56. The number of carbonyl (C=O) groups excluding carboxylic acids is 1. The standard InChI is InChI=1S/C16H24N2O3/c1-3-11(2)14(16(20)21)18-15(19)13(17)10-9-12-7-5-4-6-8-12/h4-8,11,13-14H,3,9-10,17H2,1-2H3,(H,18,19)(H,20,21)/t11-,13?,14-/m0/s1. The number of amides is 1. The predicted molar refractivity (Wildman–Crippen MR) is 81.8 cm³/mol. The maximum Gasteiger partial charge on any atom is 0.326 e. The Morgan fingerprint density at radius 3 is 2.43 bits per heavy atom. The van der Waals surface area contributed by atoms with E-state index in [2.05, 4.69) is 5.32 Å². The Morgan fingerprint density at radius 2 is 1.90 bits per heavy atom. The summed E-state index contributed by atoms with van der Waals surface area (Å²) in [5.41, 5.74) is 6.96. The third-order valence-corrected chi connectivity index (χ3v) is 3.70. The summed E-state index contributed by atoms with van der Waals surface area (Å²) in [5, 5.41) is 11.7. The molecule has 0 aromatic heterocycles. The van der Waals surface area contributed by atoms with Crippen molar-refractivity contribution in [1.82, 2.24) is 5.32 Å². The van der Waals surface area contributed by atoms with Crippen LogP contribution >= 0.6 is 0 Å². The Balaban J connectivity index is 2.51. The van der Waals surface area contributed by atoms with Crippen LogP contribution in [0.25, 0.3) is 0 Å². The van der Waals surface area contributed by atoms with Gasteiger partial charge >= 0.3 is 5.97 Å². The zero-order valence-electron chi connectivity index (χ0n) is 12.6. The zero-order valence-corrected chi connectivity index (χ0v) is 12.6. The average molecular weight is 292 g/mol. The summed E-state index contributed by atoms with van der Waals surface area (Å²) in [7, 11) is 0. The summed E-state index contributed by atoms with van der Waals surface area (Å²) in [6.07, 6.45) is 1.86. The molecule has 1 rings (SSSR count). The number of carboxylic acid groups (broad SMARTS) is 1. The van der Waals surface area contributed by atoms with Gasteiger partial charge < -0.3 is 16.2 Å². The van der Waals surface area contributed by atoms with E-state index >= 15 is 0 Å².